The zero-order valence-electron chi connectivity index (χ0n) is 45.3. The summed E-state index contributed by atoms with van der Waals surface area (Å²) in [7, 11) is 0. The maximum Gasteiger partial charge on any atom is 0.266 e. The third-order valence-corrected chi connectivity index (χ3v) is 16.3. The minimum absolute atomic E-state index is 0.0475. The van der Waals surface area contributed by atoms with Crippen molar-refractivity contribution in [1.82, 2.24) is 0 Å². The summed E-state index contributed by atoms with van der Waals surface area (Å²) in [4.78, 5) is 60.6. The average molecular weight is 1020 g/mol. The molecule has 10 heteroatoms. The summed E-state index contributed by atoms with van der Waals surface area (Å²) >= 11 is 0. The van der Waals surface area contributed by atoms with Gasteiger partial charge in [-0.2, -0.15) is 0 Å². The van der Waals surface area contributed by atoms with Crippen LogP contribution in [0.2, 0.25) is 0 Å². The number of amides is 4. The van der Waals surface area contributed by atoms with Crippen molar-refractivity contribution in [2.45, 2.75) is 118 Å². The summed E-state index contributed by atoms with van der Waals surface area (Å²) in [6, 6.07) is 32.4. The highest BCUT2D eigenvalue weighted by Crippen LogP contribution is 2.45. The Bertz CT molecular complexity index is 3440. The van der Waals surface area contributed by atoms with E-state index in [1.54, 1.807) is 0 Å². The molecule has 2 aliphatic rings. The predicted molar refractivity (Wildman–Crippen MR) is 305 cm³/mol. The number of aliphatic hydroxyl groups is 4. The molecule has 0 saturated heterocycles. The van der Waals surface area contributed by atoms with E-state index in [0.717, 1.165) is 100 Å². The van der Waals surface area contributed by atoms with Gasteiger partial charge < -0.3 is 20.4 Å². The van der Waals surface area contributed by atoms with E-state index in [2.05, 4.69) is 62.4 Å². The van der Waals surface area contributed by atoms with E-state index >= 15 is 0 Å². The Balaban J connectivity index is 0.941. The Labute approximate surface area is 444 Å². The lowest BCUT2D eigenvalue weighted by atomic mass is 9.86. The van der Waals surface area contributed by atoms with Crippen LogP contribution < -0.4 is 9.80 Å². The van der Waals surface area contributed by atoms with Crippen molar-refractivity contribution in [3.05, 3.63) is 175 Å². The number of imide groups is 2. The van der Waals surface area contributed by atoms with Crippen LogP contribution in [0.5, 0.6) is 0 Å². The van der Waals surface area contributed by atoms with Gasteiger partial charge in [0.2, 0.25) is 0 Å². The van der Waals surface area contributed by atoms with E-state index < -0.39 is 11.8 Å². The second-order valence-corrected chi connectivity index (χ2v) is 22.7. The monoisotopic (exact) mass is 1020 g/mol. The molecule has 2 heterocycles. The maximum absolute atomic E-state index is 14.5. The fourth-order valence-electron chi connectivity index (χ4n) is 11.8. The Morgan fingerprint density at radius 3 is 0.816 bits per heavy atom. The van der Waals surface area contributed by atoms with Gasteiger partial charge in [0.1, 0.15) is 0 Å². The highest BCUT2D eigenvalue weighted by atomic mass is 16.3. The number of carbonyl (C=O) groups is 4. The van der Waals surface area contributed by atoms with Crippen LogP contribution in [0.4, 0.5) is 11.4 Å². The van der Waals surface area contributed by atoms with Gasteiger partial charge in [0.15, 0.2) is 0 Å². The van der Waals surface area contributed by atoms with E-state index in [1.807, 2.05) is 104 Å². The van der Waals surface area contributed by atoms with Crippen molar-refractivity contribution in [2.24, 2.45) is 0 Å². The Hall–Kier alpha value is -7.08. The molecule has 10 rings (SSSR count). The molecule has 76 heavy (non-hydrogen) atoms. The summed E-state index contributed by atoms with van der Waals surface area (Å²) in [6.07, 6.45) is 1.58. The van der Waals surface area contributed by atoms with Gasteiger partial charge in [0.25, 0.3) is 23.6 Å². The Morgan fingerprint density at radius 1 is 0.342 bits per heavy atom. The maximum atomic E-state index is 14.5. The van der Waals surface area contributed by atoms with Crippen molar-refractivity contribution in [2.75, 3.05) is 36.2 Å². The third-order valence-electron chi connectivity index (χ3n) is 16.3. The molecule has 8 aromatic carbocycles. The van der Waals surface area contributed by atoms with Crippen molar-refractivity contribution in [1.29, 1.82) is 0 Å². The van der Waals surface area contributed by atoms with Crippen molar-refractivity contribution < 1.29 is 39.6 Å². The van der Waals surface area contributed by atoms with Crippen LogP contribution in [0.25, 0.3) is 43.1 Å². The normalized spacial score (nSPS) is 13.9. The Morgan fingerprint density at radius 2 is 0.579 bits per heavy atom. The SMILES string of the molecule is Cc1cc2cc3cc4c(cc3cc2cc1CCc1cc2cc3cc5c(cc3cc2cc1C)C(=O)N(c1c(C(C)C)cc(C(CO)CO)cc1C(C)C)C5=O)C(=O)N(c1c(C(C)C)cc(C(CO)CO)cc1C(C)C)C4=O. The molecule has 0 unspecified atom stereocenters. The molecule has 10 nitrogen and oxygen atoms in total. The van der Waals surface area contributed by atoms with Crippen LogP contribution >= 0.6 is 0 Å². The first-order valence-electron chi connectivity index (χ1n) is 26.9. The number of aryl methyl sites for hydroxylation is 4. The number of benzene rings is 8. The fraction of sp³-hybridized carbons (Fsp3) is 0.333. The second-order valence-electron chi connectivity index (χ2n) is 22.7. The summed E-state index contributed by atoms with van der Waals surface area (Å²) < 4.78 is 0. The fourth-order valence-corrected chi connectivity index (χ4v) is 11.8. The summed E-state index contributed by atoms with van der Waals surface area (Å²) in [5.41, 5.74) is 12.2. The lowest BCUT2D eigenvalue weighted by Gasteiger charge is -2.28. The lowest BCUT2D eigenvalue weighted by molar-refractivity contribution is 0.0909. The minimum Gasteiger partial charge on any atom is -0.396 e. The number of aliphatic hydroxyl groups excluding tert-OH is 4. The largest absolute Gasteiger partial charge is 0.396 e. The molecule has 2 aliphatic heterocycles. The topological polar surface area (TPSA) is 156 Å². The average Bonchev–Trinajstić information content (AvgIpc) is 3.78. The second kappa shape index (κ2) is 20.1. The molecule has 0 spiro atoms. The highest BCUT2D eigenvalue weighted by Gasteiger charge is 2.42. The van der Waals surface area contributed by atoms with Gasteiger partial charge in [0.05, 0.1) is 60.1 Å². The first kappa shape index (κ1) is 52.4. The number of hydrogen-bond acceptors (Lipinski definition) is 8. The molecule has 0 aliphatic carbocycles. The van der Waals surface area contributed by atoms with Crippen LogP contribution in [0.1, 0.15) is 188 Å². The van der Waals surface area contributed by atoms with Gasteiger partial charge in [0, 0.05) is 11.8 Å². The summed E-state index contributed by atoms with van der Waals surface area (Å²) in [6.45, 7) is 19.6. The lowest BCUT2D eigenvalue weighted by Crippen LogP contribution is -2.32. The molecular formula is C66H68N2O8. The van der Waals surface area contributed by atoms with Crippen LogP contribution in [0.15, 0.2) is 97.1 Å². The molecular weight excluding hydrogens is 949 g/mol. The Kier molecular flexibility index (Phi) is 13.9. The number of hydrogen-bond donors (Lipinski definition) is 4. The van der Waals surface area contributed by atoms with Crippen molar-refractivity contribution in [3.63, 3.8) is 0 Å². The molecule has 0 saturated carbocycles. The molecule has 0 radical (unpaired) electrons. The number of carbonyl (C=O) groups excluding carboxylic acids is 4. The van der Waals surface area contributed by atoms with Gasteiger partial charge in [-0.25, -0.2) is 9.80 Å². The molecule has 0 fully saturated rings. The first-order valence-corrected chi connectivity index (χ1v) is 26.9. The molecule has 0 atom stereocenters. The van der Waals surface area contributed by atoms with Crippen LogP contribution in [-0.4, -0.2) is 70.5 Å². The molecule has 390 valence electrons. The smallest absolute Gasteiger partial charge is 0.266 e. The van der Waals surface area contributed by atoms with Gasteiger partial charge in [-0.15, -0.1) is 0 Å². The standard InChI is InChI=1S/C66H68N2O8/c1-33(2)53-21-49(51(29-69)30-70)22-54(34(3)4)61(53)67-63(73)57-25-45-17-41-13-37(9)39(15-43(41)19-47(45)27-59(57)65(67)75)11-12-40-16-44-20-48-28-60-58(26-46(48)18-42(44)14-38(40)10)64(74)68(66(60)76)62-55(35(5)6)23-50(52(31-71)32-72)24-56(62)36(7)8/h13-28,33-36,51-52,69-72H,11-12,29-32H2,1-10H3. The van der Waals surface area contributed by atoms with Gasteiger partial charge in [-0.3, -0.25) is 19.2 Å². The predicted octanol–water partition coefficient (Wildman–Crippen LogP) is 12.9. The number of rotatable bonds is 15. The highest BCUT2D eigenvalue weighted by molar-refractivity contribution is 6.37. The molecule has 8 aromatic rings. The van der Waals surface area contributed by atoms with Crippen LogP contribution in [0, 0.1) is 13.8 Å². The summed E-state index contributed by atoms with van der Waals surface area (Å²) in [5.74, 6) is -2.58. The van der Waals surface area contributed by atoms with E-state index in [4.69, 9.17) is 0 Å². The summed E-state index contributed by atoms with van der Waals surface area (Å²) in [5, 5.41) is 47.9. The molecule has 0 bridgehead atoms. The molecule has 4 amide bonds. The minimum atomic E-state index is -0.476. The zero-order chi connectivity index (χ0) is 54.3. The number of nitrogens with zero attached hydrogens (tertiary/aromatic N) is 2. The molecule has 4 N–H and O–H groups in total. The van der Waals surface area contributed by atoms with Crippen LogP contribution in [0.3, 0.4) is 0 Å². The molecule has 0 aromatic heterocycles. The van der Waals surface area contributed by atoms with E-state index in [9.17, 15) is 39.6 Å². The van der Waals surface area contributed by atoms with Gasteiger partial charge in [-0.1, -0.05) is 104 Å². The zero-order valence-corrected chi connectivity index (χ0v) is 45.3. The van der Waals surface area contributed by atoms with E-state index in [1.165, 1.54) is 20.9 Å². The first-order chi connectivity index (χ1) is 36.3. The van der Waals surface area contributed by atoms with E-state index in [-0.39, 0.29) is 73.7 Å². The third kappa shape index (κ3) is 8.79. The van der Waals surface area contributed by atoms with Crippen molar-refractivity contribution in [3.8, 4) is 0 Å². The number of fused-ring (bicyclic) bond motifs is 6. The van der Waals surface area contributed by atoms with E-state index in [0.29, 0.717) is 33.6 Å². The van der Waals surface area contributed by atoms with Gasteiger partial charge in [-0.05, 0) is 198 Å². The van der Waals surface area contributed by atoms with Gasteiger partial charge >= 0.3 is 0 Å². The van der Waals surface area contributed by atoms with Crippen LogP contribution in [-0.2, 0) is 12.8 Å². The quantitative estimate of drug-likeness (QED) is 0.0584. The number of anilines is 2. The van der Waals surface area contributed by atoms with Crippen molar-refractivity contribution >= 4 is 78.1 Å².